The summed E-state index contributed by atoms with van der Waals surface area (Å²) in [5, 5.41) is 17.1. The molecule has 0 saturated heterocycles. The van der Waals surface area contributed by atoms with Crippen molar-refractivity contribution in [3.63, 3.8) is 0 Å². The van der Waals surface area contributed by atoms with Crippen LogP contribution in [-0.4, -0.2) is 23.1 Å². The Morgan fingerprint density at radius 3 is 1.83 bits per heavy atom. The van der Waals surface area contributed by atoms with Crippen LogP contribution < -0.4 is 0 Å². The molecule has 0 aromatic carbocycles. The number of ether oxygens (including phenoxy) is 2. The van der Waals surface area contributed by atoms with Crippen LogP contribution in [0.3, 0.4) is 0 Å². The summed E-state index contributed by atoms with van der Waals surface area (Å²) in [4.78, 5) is 23.8. The van der Waals surface area contributed by atoms with Gasteiger partial charge in [-0.2, -0.15) is 10.5 Å². The second-order valence-corrected chi connectivity index (χ2v) is 6.48. The average Bonchev–Trinajstić information content (AvgIpc) is 2.41. The van der Waals surface area contributed by atoms with Gasteiger partial charge in [-0.3, -0.25) is 4.79 Å². The van der Waals surface area contributed by atoms with E-state index in [1.165, 1.54) is 0 Å². The van der Waals surface area contributed by atoms with E-state index in [0.717, 1.165) is 0 Å². The Balaban J connectivity index is 4.47. The third kappa shape index (κ3) is 9.31. The molecule has 0 aromatic heterocycles. The normalized spacial score (nSPS) is 11.0. The summed E-state index contributed by atoms with van der Waals surface area (Å²) in [6, 6.07) is 3.98. The third-order valence-corrected chi connectivity index (χ3v) is 3.08. The minimum atomic E-state index is -0.800. The van der Waals surface area contributed by atoms with Gasteiger partial charge >= 0.3 is 11.9 Å². The minimum absolute atomic E-state index is 0.00360. The van der Waals surface area contributed by atoms with E-state index in [-0.39, 0.29) is 24.8 Å². The van der Waals surface area contributed by atoms with E-state index < -0.39 is 23.1 Å². The molecule has 0 aliphatic carbocycles. The number of hydrogen-bond acceptors (Lipinski definition) is 6. The lowest BCUT2D eigenvalue weighted by Gasteiger charge is -2.26. The van der Waals surface area contributed by atoms with Gasteiger partial charge in [-0.15, -0.1) is 0 Å². The zero-order valence-electron chi connectivity index (χ0n) is 14.3. The van der Waals surface area contributed by atoms with E-state index in [4.69, 9.17) is 20.0 Å². The zero-order valence-corrected chi connectivity index (χ0v) is 14.3. The van der Waals surface area contributed by atoms with Gasteiger partial charge in [0.05, 0.1) is 18.6 Å². The van der Waals surface area contributed by atoms with Crippen LogP contribution in [0.4, 0.5) is 0 Å². The molecule has 0 saturated carbocycles. The quantitative estimate of drug-likeness (QED) is 0.478. The fraction of sp³-hybridized carbons (Fsp3) is 0.647. The van der Waals surface area contributed by atoms with E-state index in [2.05, 4.69) is 6.58 Å². The first kappa shape index (κ1) is 20.7. The molecule has 0 radical (unpaired) electrons. The second kappa shape index (κ2) is 8.95. The van der Waals surface area contributed by atoms with E-state index in [0.29, 0.717) is 12.8 Å². The summed E-state index contributed by atoms with van der Waals surface area (Å²) in [6.45, 7) is 10.4. The Morgan fingerprint density at radius 1 is 0.957 bits per heavy atom. The SMILES string of the molecule is C=C(CC(=O)OC(C)(C)CCC#N)C(=O)OC(C)(C)CCC#N. The molecule has 0 fully saturated rings. The molecule has 0 unspecified atom stereocenters. The molecule has 0 heterocycles. The van der Waals surface area contributed by atoms with Crippen molar-refractivity contribution in [1.29, 1.82) is 10.5 Å². The Hall–Kier alpha value is -2.34. The molecule has 0 spiro atoms. The lowest BCUT2D eigenvalue weighted by Crippen LogP contribution is -2.31. The van der Waals surface area contributed by atoms with Gasteiger partial charge in [0.2, 0.25) is 0 Å². The Labute approximate surface area is 137 Å². The number of carbonyl (C=O) groups is 2. The van der Waals surface area contributed by atoms with E-state index in [1.807, 2.05) is 12.1 Å². The highest BCUT2D eigenvalue weighted by Gasteiger charge is 2.27. The third-order valence-electron chi connectivity index (χ3n) is 3.08. The van der Waals surface area contributed by atoms with Gasteiger partial charge in [-0.05, 0) is 40.5 Å². The number of nitrogens with zero attached hydrogens (tertiary/aromatic N) is 2. The molecule has 0 atom stereocenters. The lowest BCUT2D eigenvalue weighted by atomic mass is 10.0. The van der Waals surface area contributed by atoms with Crippen LogP contribution in [0, 0.1) is 22.7 Å². The second-order valence-electron chi connectivity index (χ2n) is 6.48. The van der Waals surface area contributed by atoms with Crippen LogP contribution in [0.2, 0.25) is 0 Å². The van der Waals surface area contributed by atoms with Crippen molar-refractivity contribution in [2.75, 3.05) is 0 Å². The van der Waals surface area contributed by atoms with Crippen molar-refractivity contribution in [2.24, 2.45) is 0 Å². The van der Waals surface area contributed by atoms with Crippen LogP contribution >= 0.6 is 0 Å². The number of esters is 2. The summed E-state index contributed by atoms with van der Waals surface area (Å²) in [6.07, 6.45) is 1.07. The molecule has 0 aliphatic heterocycles. The highest BCUT2D eigenvalue weighted by molar-refractivity contribution is 5.93. The van der Waals surface area contributed by atoms with Crippen LogP contribution in [-0.2, 0) is 19.1 Å². The lowest BCUT2D eigenvalue weighted by molar-refractivity contribution is -0.159. The standard InChI is InChI=1S/C17H24N2O4/c1-13(15(21)23-17(4,5)9-7-11-19)12-14(20)22-16(2,3)8-6-10-18/h1,6-9,12H2,2-5H3. The number of nitriles is 2. The van der Waals surface area contributed by atoms with E-state index >= 15 is 0 Å². The molecule has 0 rings (SSSR count). The maximum atomic E-state index is 11.9. The van der Waals surface area contributed by atoms with Gasteiger partial charge in [-0.1, -0.05) is 6.58 Å². The molecule has 6 nitrogen and oxygen atoms in total. The number of hydrogen-bond donors (Lipinski definition) is 0. The average molecular weight is 320 g/mol. The maximum absolute atomic E-state index is 11.9. The number of rotatable bonds is 9. The molecule has 0 bridgehead atoms. The summed E-state index contributed by atoms with van der Waals surface area (Å²) in [5.41, 5.74) is -1.58. The predicted octanol–water partition coefficient (Wildman–Crippen LogP) is 3.18. The summed E-state index contributed by atoms with van der Waals surface area (Å²) in [5.74, 6) is -1.27. The predicted molar refractivity (Wildman–Crippen MR) is 83.8 cm³/mol. The topological polar surface area (TPSA) is 100 Å². The first-order valence-corrected chi connectivity index (χ1v) is 7.40. The molecule has 0 N–H and O–H groups in total. The van der Waals surface area contributed by atoms with E-state index in [9.17, 15) is 9.59 Å². The Bertz CT molecular complexity index is 536. The first-order valence-electron chi connectivity index (χ1n) is 7.40. The van der Waals surface area contributed by atoms with Crippen molar-refractivity contribution >= 4 is 11.9 Å². The van der Waals surface area contributed by atoms with Crippen LogP contribution in [0.15, 0.2) is 12.2 Å². The molecule has 0 amide bonds. The molecule has 23 heavy (non-hydrogen) atoms. The highest BCUT2D eigenvalue weighted by Crippen LogP contribution is 2.21. The molecule has 0 aromatic rings. The monoisotopic (exact) mass is 320 g/mol. The number of carbonyl (C=O) groups excluding carboxylic acids is 2. The van der Waals surface area contributed by atoms with Crippen molar-refractivity contribution in [3.05, 3.63) is 12.2 Å². The maximum Gasteiger partial charge on any atom is 0.334 e. The molecule has 126 valence electrons. The first-order chi connectivity index (χ1) is 10.5. The van der Waals surface area contributed by atoms with Crippen molar-refractivity contribution in [1.82, 2.24) is 0 Å². The van der Waals surface area contributed by atoms with Crippen LogP contribution in [0.1, 0.15) is 59.8 Å². The largest absolute Gasteiger partial charge is 0.459 e. The van der Waals surface area contributed by atoms with Gasteiger partial charge in [0.25, 0.3) is 0 Å². The Morgan fingerprint density at radius 2 is 1.39 bits per heavy atom. The van der Waals surface area contributed by atoms with Gasteiger partial charge < -0.3 is 9.47 Å². The van der Waals surface area contributed by atoms with Crippen molar-refractivity contribution in [2.45, 2.75) is 71.0 Å². The molecular formula is C17H24N2O4. The smallest absolute Gasteiger partial charge is 0.334 e. The fourth-order valence-electron chi connectivity index (χ4n) is 1.73. The van der Waals surface area contributed by atoms with Gasteiger partial charge in [0.1, 0.15) is 11.2 Å². The van der Waals surface area contributed by atoms with Gasteiger partial charge in [0.15, 0.2) is 0 Å². The Kier molecular flexibility index (Phi) is 8.04. The summed E-state index contributed by atoms with van der Waals surface area (Å²) in [7, 11) is 0. The molecular weight excluding hydrogens is 296 g/mol. The van der Waals surface area contributed by atoms with Crippen LogP contribution in [0.5, 0.6) is 0 Å². The van der Waals surface area contributed by atoms with Crippen molar-refractivity contribution in [3.8, 4) is 12.1 Å². The van der Waals surface area contributed by atoms with E-state index in [1.54, 1.807) is 27.7 Å². The highest BCUT2D eigenvalue weighted by atomic mass is 16.6. The zero-order chi connectivity index (χ0) is 18.1. The summed E-state index contributed by atoms with van der Waals surface area (Å²) >= 11 is 0. The summed E-state index contributed by atoms with van der Waals surface area (Å²) < 4.78 is 10.5. The van der Waals surface area contributed by atoms with Gasteiger partial charge in [-0.25, -0.2) is 4.79 Å². The molecule has 0 aliphatic rings. The van der Waals surface area contributed by atoms with Gasteiger partial charge in [0, 0.05) is 18.4 Å². The molecule has 6 heteroatoms. The minimum Gasteiger partial charge on any atom is -0.459 e. The van der Waals surface area contributed by atoms with Crippen molar-refractivity contribution < 1.29 is 19.1 Å². The van der Waals surface area contributed by atoms with Crippen LogP contribution in [0.25, 0.3) is 0 Å². The fourth-order valence-corrected chi connectivity index (χ4v) is 1.73.